The molecule has 0 saturated carbocycles. The highest BCUT2D eigenvalue weighted by molar-refractivity contribution is 9.09. The molecule has 0 aromatic heterocycles. The summed E-state index contributed by atoms with van der Waals surface area (Å²) in [5, 5.41) is 9.73. The van der Waals surface area contributed by atoms with Gasteiger partial charge < -0.3 is 14.2 Å². The number of hydrogen-bond donors (Lipinski definition) is 0. The molecule has 0 aliphatic heterocycles. The molecule has 0 N–H and O–H groups in total. The van der Waals surface area contributed by atoms with Gasteiger partial charge in [-0.2, -0.15) is 10.2 Å². The lowest BCUT2D eigenvalue weighted by Gasteiger charge is -2.18. The van der Waals surface area contributed by atoms with Crippen LogP contribution < -0.4 is 9.47 Å². The average molecular weight is 604 g/mol. The van der Waals surface area contributed by atoms with Crippen LogP contribution in [0.1, 0.15) is 104 Å². The number of hydrogen-bond acceptors (Lipinski definition) is 6. The van der Waals surface area contributed by atoms with Gasteiger partial charge in [-0.25, -0.2) is 0 Å². The van der Waals surface area contributed by atoms with Crippen LogP contribution in [-0.4, -0.2) is 24.2 Å². The summed E-state index contributed by atoms with van der Waals surface area (Å²) in [5.41, 5.74) is 1.48. The molecule has 6 nitrogen and oxygen atoms in total. The molecule has 0 aliphatic carbocycles. The number of unbranched alkanes of at least 4 members (excludes halogenated alkanes) is 11. The quantitative estimate of drug-likeness (QED) is 0.0441. The van der Waals surface area contributed by atoms with Crippen LogP contribution in [0.4, 0.5) is 11.4 Å². The van der Waals surface area contributed by atoms with E-state index in [9.17, 15) is 4.79 Å². The van der Waals surface area contributed by atoms with Crippen molar-refractivity contribution in [1.82, 2.24) is 0 Å². The first kappa shape index (κ1) is 32.8. The first-order valence-corrected chi connectivity index (χ1v) is 15.9. The fourth-order valence-electron chi connectivity index (χ4n) is 4.16. The van der Waals surface area contributed by atoms with Crippen molar-refractivity contribution in [1.29, 1.82) is 0 Å². The Hall–Kier alpha value is -2.41. The van der Waals surface area contributed by atoms with E-state index in [1.54, 1.807) is 0 Å². The number of carbonyl (C=O) groups is 1. The van der Waals surface area contributed by atoms with Gasteiger partial charge in [-0.05, 0) is 67.8 Å². The fourth-order valence-corrected chi connectivity index (χ4v) is 4.55. The van der Waals surface area contributed by atoms with Crippen LogP contribution >= 0.6 is 15.9 Å². The van der Waals surface area contributed by atoms with Crippen molar-refractivity contribution >= 4 is 33.3 Å². The number of halogens is 1. The number of carbonyl (C=O) groups excluding carboxylic acids is 1. The van der Waals surface area contributed by atoms with Crippen LogP contribution in [0.3, 0.4) is 0 Å². The molecule has 2 rings (SSSR count). The lowest BCUT2D eigenvalue weighted by Crippen LogP contribution is -2.23. The van der Waals surface area contributed by atoms with Gasteiger partial charge in [0.05, 0.1) is 18.0 Å². The molecule has 0 aliphatic rings. The number of alkyl halides is 1. The van der Waals surface area contributed by atoms with Crippen molar-refractivity contribution < 1.29 is 19.0 Å². The van der Waals surface area contributed by atoms with Gasteiger partial charge in [0.25, 0.3) is 0 Å². The zero-order valence-electron chi connectivity index (χ0n) is 23.9. The zero-order valence-corrected chi connectivity index (χ0v) is 25.5. The van der Waals surface area contributed by atoms with Crippen molar-refractivity contribution in [3.63, 3.8) is 0 Å². The Morgan fingerprint density at radius 3 is 1.79 bits per heavy atom. The number of rotatable bonds is 22. The monoisotopic (exact) mass is 602 g/mol. The molecule has 2 aromatic carbocycles. The van der Waals surface area contributed by atoms with Crippen LogP contribution in [0.2, 0.25) is 0 Å². The van der Waals surface area contributed by atoms with E-state index in [4.69, 9.17) is 14.2 Å². The second kappa shape index (κ2) is 21.4. The Balaban J connectivity index is 1.73. The highest BCUT2D eigenvalue weighted by Crippen LogP contribution is 2.24. The van der Waals surface area contributed by atoms with E-state index < -0.39 is 6.29 Å². The lowest BCUT2D eigenvalue weighted by atomic mass is 10.1. The highest BCUT2D eigenvalue weighted by Gasteiger charge is 2.13. The SMILES string of the molecule is CCCCCCCCOc1ccc(N=Nc2ccc(OC(CCCCCCCCCBr)OC(C)=O)cc2)cc1. The first-order valence-electron chi connectivity index (χ1n) is 14.7. The molecule has 39 heavy (non-hydrogen) atoms. The van der Waals surface area contributed by atoms with Crippen LogP contribution in [0.25, 0.3) is 0 Å². The molecule has 1 atom stereocenters. The molecule has 216 valence electrons. The van der Waals surface area contributed by atoms with Gasteiger partial charge in [0.2, 0.25) is 6.29 Å². The molecule has 0 fully saturated rings. The normalized spacial score (nSPS) is 12.0. The molecular formula is C32H47BrN2O4. The van der Waals surface area contributed by atoms with Crippen molar-refractivity contribution in [2.45, 2.75) is 110 Å². The van der Waals surface area contributed by atoms with Crippen molar-refractivity contribution in [3.8, 4) is 11.5 Å². The summed E-state index contributed by atoms with van der Waals surface area (Å²) in [6, 6.07) is 15.0. The van der Waals surface area contributed by atoms with Crippen LogP contribution in [0, 0.1) is 0 Å². The largest absolute Gasteiger partial charge is 0.494 e. The minimum absolute atomic E-state index is 0.334. The zero-order chi connectivity index (χ0) is 28.0. The summed E-state index contributed by atoms with van der Waals surface area (Å²) in [4.78, 5) is 11.5. The minimum atomic E-state index is -0.579. The number of azo groups is 1. The molecular weight excluding hydrogens is 556 g/mol. The summed E-state index contributed by atoms with van der Waals surface area (Å²) in [6.45, 7) is 4.40. The van der Waals surface area contributed by atoms with Crippen LogP contribution in [-0.2, 0) is 9.53 Å². The molecule has 0 radical (unpaired) electrons. The third-order valence-electron chi connectivity index (χ3n) is 6.36. The maximum Gasteiger partial charge on any atom is 0.305 e. The summed E-state index contributed by atoms with van der Waals surface area (Å²) in [7, 11) is 0. The molecule has 0 heterocycles. The second-order valence-corrected chi connectivity index (χ2v) is 10.7. The van der Waals surface area contributed by atoms with E-state index in [1.165, 1.54) is 71.1 Å². The standard InChI is InChI=1S/C32H47BrN2O4/c1-3-4-5-6-12-15-26-37-30-21-17-28(18-22-30)34-35-29-19-23-31(24-20-29)39-32(38-27(2)36)16-13-10-8-7-9-11-14-25-33/h17-24,32H,3-16,25-26H2,1-2H3. The van der Waals surface area contributed by atoms with Gasteiger partial charge in [-0.3, -0.25) is 4.79 Å². The van der Waals surface area contributed by atoms with E-state index in [1.807, 2.05) is 48.5 Å². The molecule has 7 heteroatoms. The Morgan fingerprint density at radius 1 is 0.718 bits per heavy atom. The average Bonchev–Trinajstić information content (AvgIpc) is 2.94. The first-order chi connectivity index (χ1) is 19.1. The third-order valence-corrected chi connectivity index (χ3v) is 6.92. The van der Waals surface area contributed by atoms with E-state index in [0.29, 0.717) is 12.2 Å². The van der Waals surface area contributed by atoms with Gasteiger partial charge in [0.15, 0.2) is 0 Å². The summed E-state index contributed by atoms with van der Waals surface area (Å²) >= 11 is 3.47. The molecule has 0 saturated heterocycles. The Bertz CT molecular complexity index is 919. The minimum Gasteiger partial charge on any atom is -0.494 e. The predicted molar refractivity (Wildman–Crippen MR) is 163 cm³/mol. The maximum atomic E-state index is 11.5. The summed E-state index contributed by atoms with van der Waals surface area (Å²) in [5.74, 6) is 1.16. The summed E-state index contributed by atoms with van der Waals surface area (Å²) < 4.78 is 17.2. The van der Waals surface area contributed by atoms with Crippen molar-refractivity contribution in [3.05, 3.63) is 48.5 Å². The van der Waals surface area contributed by atoms with Crippen LogP contribution in [0.5, 0.6) is 11.5 Å². The van der Waals surface area contributed by atoms with Gasteiger partial charge >= 0.3 is 5.97 Å². The molecule has 0 bridgehead atoms. The smallest absolute Gasteiger partial charge is 0.305 e. The summed E-state index contributed by atoms with van der Waals surface area (Å²) in [6.07, 6.45) is 15.9. The van der Waals surface area contributed by atoms with Gasteiger partial charge in [-0.15, -0.1) is 0 Å². The van der Waals surface area contributed by atoms with E-state index >= 15 is 0 Å². The third kappa shape index (κ3) is 16.3. The van der Waals surface area contributed by atoms with E-state index in [-0.39, 0.29) is 5.97 Å². The van der Waals surface area contributed by atoms with Crippen molar-refractivity contribution in [2.75, 3.05) is 11.9 Å². The fraction of sp³-hybridized carbons (Fsp3) is 0.594. The molecule has 1 unspecified atom stereocenters. The number of benzene rings is 2. The highest BCUT2D eigenvalue weighted by atomic mass is 79.9. The van der Waals surface area contributed by atoms with Gasteiger partial charge in [0.1, 0.15) is 11.5 Å². The second-order valence-electron chi connectivity index (χ2n) is 9.91. The van der Waals surface area contributed by atoms with Gasteiger partial charge in [-0.1, -0.05) is 87.1 Å². The Morgan fingerprint density at radius 2 is 1.23 bits per heavy atom. The Labute approximate surface area is 244 Å². The Kier molecular flexibility index (Phi) is 18.0. The lowest BCUT2D eigenvalue weighted by molar-refractivity contribution is -0.161. The van der Waals surface area contributed by atoms with Crippen LogP contribution in [0.15, 0.2) is 58.8 Å². The van der Waals surface area contributed by atoms with Crippen molar-refractivity contribution in [2.24, 2.45) is 10.2 Å². The number of nitrogens with zero attached hydrogens (tertiary/aromatic N) is 2. The number of esters is 1. The molecule has 0 spiro atoms. The molecule has 0 amide bonds. The molecule has 2 aromatic rings. The van der Waals surface area contributed by atoms with Gasteiger partial charge in [0, 0.05) is 18.7 Å². The predicted octanol–water partition coefficient (Wildman–Crippen LogP) is 10.6. The topological polar surface area (TPSA) is 69.5 Å². The number of ether oxygens (including phenoxy) is 3. The van der Waals surface area contributed by atoms with E-state index in [0.717, 1.165) is 48.3 Å². The maximum absolute atomic E-state index is 11.5. The van der Waals surface area contributed by atoms with E-state index in [2.05, 4.69) is 33.1 Å².